The zero-order valence-corrected chi connectivity index (χ0v) is 28.3. The van der Waals surface area contributed by atoms with E-state index >= 15 is 0 Å². The van der Waals surface area contributed by atoms with Crippen LogP contribution in [0.5, 0.6) is 0 Å². The number of fused-ring (bicyclic) bond motifs is 1. The standard InChI is InChI=1S/C21H28F3N3O3.C5H9N3O.2C2H6.CH4O/c1-29-19-12-30-7-5-18(19)26-16-3-2-13(9-16)20(28)27-6-4-17-14(11-27)8-15(10-25-17)21(22,23)24;1-4-6-5(8(2)3)9-7-4;3*1-2/h8,10,13,16,18-19,26H,2-7,9,11-12H2,1H3;1-3H3;2*1-2H3;2H,1H3. The molecule has 2 aromatic rings. The van der Waals surface area contributed by atoms with E-state index in [4.69, 9.17) is 19.1 Å². The van der Waals surface area contributed by atoms with Crippen molar-refractivity contribution in [3.05, 3.63) is 34.9 Å². The van der Waals surface area contributed by atoms with Crippen molar-refractivity contribution in [2.75, 3.05) is 53.0 Å². The number of aliphatic hydroxyl groups excluding tert-OH is 1. The number of halogens is 3. The minimum Gasteiger partial charge on any atom is -0.400 e. The van der Waals surface area contributed by atoms with Gasteiger partial charge in [0.1, 0.15) is 0 Å². The fraction of sp³-hybridized carbons (Fsp3) is 0.742. The van der Waals surface area contributed by atoms with E-state index in [0.717, 1.165) is 45.1 Å². The molecule has 1 saturated heterocycles. The maximum absolute atomic E-state index is 13.1. The average Bonchev–Trinajstić information content (AvgIpc) is 3.72. The predicted molar refractivity (Wildman–Crippen MR) is 167 cm³/mol. The topological polar surface area (TPSA) is 126 Å². The number of anilines is 1. The summed E-state index contributed by atoms with van der Waals surface area (Å²) in [6, 6.07) is 2.15. The number of methoxy groups -OCH3 is 1. The van der Waals surface area contributed by atoms with Crippen LogP contribution in [0.4, 0.5) is 19.2 Å². The number of carbonyl (C=O) groups excluding carboxylic acids is 1. The molecule has 2 aromatic heterocycles. The molecule has 0 radical (unpaired) electrons. The van der Waals surface area contributed by atoms with E-state index in [9.17, 15) is 18.0 Å². The molecule has 0 spiro atoms. The van der Waals surface area contributed by atoms with Gasteiger partial charge in [0.15, 0.2) is 5.82 Å². The zero-order chi connectivity index (χ0) is 34.2. The van der Waals surface area contributed by atoms with Gasteiger partial charge in [0.25, 0.3) is 0 Å². The second kappa shape index (κ2) is 20.3. The first-order valence-electron chi connectivity index (χ1n) is 15.7. The van der Waals surface area contributed by atoms with Crippen molar-refractivity contribution in [2.45, 2.75) is 97.6 Å². The lowest BCUT2D eigenvalue weighted by atomic mass is 10.00. The Morgan fingerprint density at radius 3 is 2.40 bits per heavy atom. The first-order chi connectivity index (χ1) is 21.5. The maximum Gasteiger partial charge on any atom is 0.417 e. The maximum atomic E-state index is 13.1. The van der Waals surface area contributed by atoms with Crippen LogP contribution in [0.3, 0.4) is 0 Å². The van der Waals surface area contributed by atoms with Gasteiger partial charge in [-0.25, -0.2) is 0 Å². The zero-order valence-electron chi connectivity index (χ0n) is 28.3. The molecular weight excluding hydrogens is 593 g/mol. The van der Waals surface area contributed by atoms with Gasteiger partial charge in [0.2, 0.25) is 5.91 Å². The summed E-state index contributed by atoms with van der Waals surface area (Å²) in [6.07, 6.45) is 0.293. The normalized spacial score (nSPS) is 22.1. The SMILES string of the molecule is CC.CC.CO.COC1COCCC1NC1CCC(C(=O)N2CCc3ncc(C(F)(F)F)cc3C2)C1.Cc1noc(N(C)C)n1. The number of carbonyl (C=O) groups is 1. The summed E-state index contributed by atoms with van der Waals surface area (Å²) in [5, 5.41) is 14.2. The first-order valence-corrected chi connectivity index (χ1v) is 15.7. The minimum atomic E-state index is -4.43. The highest BCUT2D eigenvalue weighted by atomic mass is 19.4. The molecule has 0 aromatic carbocycles. The molecule has 4 atom stereocenters. The van der Waals surface area contributed by atoms with Crippen LogP contribution >= 0.6 is 0 Å². The molecule has 2 aliphatic heterocycles. The molecule has 4 unspecified atom stereocenters. The van der Waals surface area contributed by atoms with Gasteiger partial charge >= 0.3 is 12.2 Å². The Hall–Kier alpha value is -2.81. The average molecular weight is 647 g/mol. The van der Waals surface area contributed by atoms with Crippen LogP contribution in [0, 0.1) is 12.8 Å². The van der Waals surface area contributed by atoms with Crippen LogP contribution in [-0.4, -0.2) is 97.3 Å². The monoisotopic (exact) mass is 646 g/mol. The number of nitrogens with zero attached hydrogens (tertiary/aromatic N) is 5. The second-order valence-electron chi connectivity index (χ2n) is 10.5. The lowest BCUT2D eigenvalue weighted by molar-refractivity contribution is -0.138. The highest BCUT2D eigenvalue weighted by molar-refractivity contribution is 5.79. The number of nitrogens with one attached hydrogen (secondary N) is 1. The Balaban J connectivity index is 0.000000567. The van der Waals surface area contributed by atoms with Crippen LogP contribution in [-0.2, 0) is 33.4 Å². The largest absolute Gasteiger partial charge is 0.417 e. The van der Waals surface area contributed by atoms with Crippen molar-refractivity contribution in [2.24, 2.45) is 5.92 Å². The first kappa shape index (κ1) is 40.2. The van der Waals surface area contributed by atoms with Crippen molar-refractivity contribution in [1.82, 2.24) is 25.3 Å². The number of pyridine rings is 1. The van der Waals surface area contributed by atoms with Gasteiger partial charge in [-0.2, -0.15) is 18.2 Å². The smallest absolute Gasteiger partial charge is 0.400 e. The molecule has 258 valence electrons. The van der Waals surface area contributed by atoms with E-state index in [1.165, 1.54) is 0 Å². The molecule has 0 bridgehead atoms. The molecule has 45 heavy (non-hydrogen) atoms. The number of ether oxygens (including phenoxy) is 2. The molecule has 5 rings (SSSR count). The van der Waals surface area contributed by atoms with E-state index in [2.05, 4.69) is 20.4 Å². The second-order valence-corrected chi connectivity index (χ2v) is 10.5. The van der Waals surface area contributed by atoms with Crippen LogP contribution in [0.2, 0.25) is 0 Å². The van der Waals surface area contributed by atoms with Crippen LogP contribution in [0.1, 0.15) is 76.0 Å². The molecule has 3 aliphatic rings. The molecule has 2 fully saturated rings. The van der Waals surface area contributed by atoms with Crippen molar-refractivity contribution in [3.8, 4) is 0 Å². The van der Waals surface area contributed by atoms with E-state index < -0.39 is 11.7 Å². The fourth-order valence-corrected chi connectivity index (χ4v) is 5.29. The van der Waals surface area contributed by atoms with E-state index in [0.29, 0.717) is 49.3 Å². The Bertz CT molecular complexity index is 1120. The number of aliphatic hydroxyl groups is 1. The summed E-state index contributed by atoms with van der Waals surface area (Å²) in [5.74, 6) is 0.611. The predicted octanol–water partition coefficient (Wildman–Crippen LogP) is 4.65. The quantitative estimate of drug-likeness (QED) is 0.474. The molecule has 1 aliphatic carbocycles. The molecule has 14 heteroatoms. The molecule has 11 nitrogen and oxygen atoms in total. The third kappa shape index (κ3) is 12.1. The number of aryl methyl sites for hydroxylation is 1. The lowest BCUT2D eigenvalue weighted by Gasteiger charge is -2.33. The number of hydrogen-bond acceptors (Lipinski definition) is 10. The summed E-state index contributed by atoms with van der Waals surface area (Å²) < 4.78 is 54.8. The van der Waals surface area contributed by atoms with Crippen molar-refractivity contribution in [1.29, 1.82) is 0 Å². The summed E-state index contributed by atoms with van der Waals surface area (Å²) in [6.45, 7) is 11.8. The Labute approximate surface area is 265 Å². The van der Waals surface area contributed by atoms with Crippen LogP contribution in [0.25, 0.3) is 0 Å². The number of amides is 1. The van der Waals surface area contributed by atoms with E-state index in [1.807, 2.05) is 41.8 Å². The number of aromatic nitrogens is 3. The van der Waals surface area contributed by atoms with Gasteiger partial charge < -0.3 is 34.2 Å². The van der Waals surface area contributed by atoms with Gasteiger partial charge in [-0.3, -0.25) is 9.78 Å². The number of alkyl halides is 3. The summed E-state index contributed by atoms with van der Waals surface area (Å²) in [7, 11) is 6.39. The van der Waals surface area contributed by atoms with Gasteiger partial charge in [-0.05, 0) is 44.2 Å². The number of rotatable bonds is 5. The van der Waals surface area contributed by atoms with Crippen molar-refractivity contribution < 1.29 is 37.1 Å². The third-order valence-electron chi connectivity index (χ3n) is 7.42. The van der Waals surface area contributed by atoms with Crippen LogP contribution in [0.15, 0.2) is 16.8 Å². The molecule has 1 saturated carbocycles. The summed E-state index contributed by atoms with van der Waals surface area (Å²) in [4.78, 5) is 24.5. The minimum absolute atomic E-state index is 0.0161. The fourth-order valence-electron chi connectivity index (χ4n) is 5.29. The highest BCUT2D eigenvalue weighted by Crippen LogP contribution is 2.33. The molecular formula is C31H53F3N6O5. The molecule has 4 heterocycles. The van der Waals surface area contributed by atoms with Gasteiger partial charge in [0.05, 0.1) is 18.3 Å². The Kier molecular flexibility index (Phi) is 18.2. The van der Waals surface area contributed by atoms with E-state index in [1.54, 1.807) is 23.8 Å². The molecule has 1 amide bonds. The van der Waals surface area contributed by atoms with Gasteiger partial charge in [-0.1, -0.05) is 32.9 Å². The van der Waals surface area contributed by atoms with Gasteiger partial charge in [-0.15, -0.1) is 0 Å². The number of hydrogen-bond donors (Lipinski definition) is 2. The Morgan fingerprint density at radius 2 is 1.84 bits per heavy atom. The Morgan fingerprint density at radius 1 is 1.16 bits per heavy atom. The van der Waals surface area contributed by atoms with E-state index in [-0.39, 0.29) is 36.6 Å². The van der Waals surface area contributed by atoms with Crippen molar-refractivity contribution >= 4 is 11.9 Å². The summed E-state index contributed by atoms with van der Waals surface area (Å²) in [5.41, 5.74) is 0.398. The van der Waals surface area contributed by atoms with Crippen molar-refractivity contribution in [3.63, 3.8) is 0 Å². The molecule has 2 N–H and O–H groups in total. The summed E-state index contributed by atoms with van der Waals surface area (Å²) >= 11 is 0. The third-order valence-corrected chi connectivity index (χ3v) is 7.42. The highest BCUT2D eigenvalue weighted by Gasteiger charge is 2.37. The lowest BCUT2D eigenvalue weighted by Crippen LogP contribution is -2.50. The van der Waals surface area contributed by atoms with Gasteiger partial charge in [0, 0.05) is 84.3 Å². The van der Waals surface area contributed by atoms with Crippen LogP contribution < -0.4 is 10.2 Å².